The van der Waals surface area contributed by atoms with Crippen LogP contribution in [0.3, 0.4) is 0 Å². The van der Waals surface area contributed by atoms with Gasteiger partial charge in [-0.3, -0.25) is 0 Å². The summed E-state index contributed by atoms with van der Waals surface area (Å²) in [6, 6.07) is 1.88. The van der Waals surface area contributed by atoms with Crippen molar-refractivity contribution in [2.24, 2.45) is 5.92 Å². The predicted octanol–water partition coefficient (Wildman–Crippen LogP) is 2.50. The maximum absolute atomic E-state index is 5.96. The van der Waals surface area contributed by atoms with E-state index in [1.807, 2.05) is 19.2 Å². The summed E-state index contributed by atoms with van der Waals surface area (Å²) in [7, 11) is 0. The molecule has 72 valence electrons. The Hall–Kier alpha value is -0.760. The van der Waals surface area contributed by atoms with Crippen molar-refractivity contribution >= 4 is 11.6 Å². The first-order chi connectivity index (χ1) is 6.09. The van der Waals surface area contributed by atoms with E-state index in [1.165, 1.54) is 0 Å². The highest BCUT2D eigenvalue weighted by atomic mass is 35.5. The van der Waals surface area contributed by atoms with Crippen LogP contribution in [0, 0.1) is 12.8 Å². The molecule has 0 bridgehead atoms. The number of hydrogen-bond acceptors (Lipinski definition) is 1. The molecule has 1 heterocycles. The van der Waals surface area contributed by atoms with Crippen LogP contribution in [0.4, 0.5) is 0 Å². The Balaban J connectivity index is 2.67. The molecule has 1 rings (SSSR count). The summed E-state index contributed by atoms with van der Waals surface area (Å²) in [6.07, 6.45) is 1.88. The first-order valence-electron chi connectivity index (χ1n) is 4.40. The Kier molecular flexibility index (Phi) is 3.55. The number of hydrogen-bond donors (Lipinski definition) is 0. The third kappa shape index (κ3) is 3.23. The van der Waals surface area contributed by atoms with Crippen LogP contribution in [0.2, 0.25) is 5.02 Å². The number of H-pyrrole nitrogens is 1. The van der Waals surface area contributed by atoms with Gasteiger partial charge in [0.25, 0.3) is 0 Å². The van der Waals surface area contributed by atoms with E-state index in [-0.39, 0.29) is 0 Å². The first kappa shape index (κ1) is 10.3. The van der Waals surface area contributed by atoms with E-state index in [0.717, 1.165) is 5.56 Å². The number of aromatic amines is 1. The van der Waals surface area contributed by atoms with Crippen LogP contribution in [0.5, 0.6) is 5.88 Å². The number of ether oxygens (including phenoxy) is 1. The van der Waals surface area contributed by atoms with Gasteiger partial charge in [0.2, 0.25) is 0 Å². The molecule has 0 saturated heterocycles. The van der Waals surface area contributed by atoms with Gasteiger partial charge in [-0.2, -0.15) is 4.98 Å². The van der Waals surface area contributed by atoms with Crippen LogP contribution in [0.25, 0.3) is 0 Å². The molecule has 0 aliphatic carbocycles. The standard InChI is InChI=1S/C10H14ClNO/c1-7(2)6-13-10-9(11)4-8(3)5-12-10/h4-5,7H,6H2,1-3H3/p+1. The SMILES string of the molecule is Cc1c[nH+]c(OCC(C)C)c(Cl)c1. The molecule has 0 aliphatic heterocycles. The van der Waals surface area contributed by atoms with E-state index in [1.54, 1.807) is 0 Å². The topological polar surface area (TPSA) is 23.4 Å². The Morgan fingerprint density at radius 2 is 2.23 bits per heavy atom. The van der Waals surface area contributed by atoms with Crippen molar-refractivity contribution in [3.05, 3.63) is 22.8 Å². The van der Waals surface area contributed by atoms with Crippen molar-refractivity contribution in [3.63, 3.8) is 0 Å². The fourth-order valence-corrected chi connectivity index (χ4v) is 1.20. The fraction of sp³-hybridized carbons (Fsp3) is 0.500. The minimum Gasteiger partial charge on any atom is -0.443 e. The molecular weight excluding hydrogens is 186 g/mol. The number of nitrogens with one attached hydrogen (secondary N) is 1. The number of pyridine rings is 1. The molecule has 3 heteroatoms. The Bertz CT molecular complexity index is 286. The van der Waals surface area contributed by atoms with Gasteiger partial charge in [0.1, 0.15) is 0 Å². The minimum absolute atomic E-state index is 0.505. The van der Waals surface area contributed by atoms with Crippen LogP contribution >= 0.6 is 11.6 Å². The fourth-order valence-electron chi connectivity index (χ4n) is 0.916. The largest absolute Gasteiger partial charge is 0.443 e. The average molecular weight is 201 g/mol. The van der Waals surface area contributed by atoms with Gasteiger partial charge in [-0.05, 0) is 18.9 Å². The van der Waals surface area contributed by atoms with E-state index in [9.17, 15) is 0 Å². The van der Waals surface area contributed by atoms with Gasteiger partial charge >= 0.3 is 5.88 Å². The lowest BCUT2D eigenvalue weighted by atomic mass is 10.2. The summed E-state index contributed by atoms with van der Waals surface area (Å²) in [6.45, 7) is 6.86. The molecule has 0 spiro atoms. The Morgan fingerprint density at radius 1 is 1.54 bits per heavy atom. The van der Waals surface area contributed by atoms with E-state index in [0.29, 0.717) is 23.4 Å². The van der Waals surface area contributed by atoms with E-state index < -0.39 is 0 Å². The van der Waals surface area contributed by atoms with Gasteiger partial charge in [-0.15, -0.1) is 0 Å². The maximum atomic E-state index is 5.96. The summed E-state index contributed by atoms with van der Waals surface area (Å²) < 4.78 is 5.47. The lowest BCUT2D eigenvalue weighted by Crippen LogP contribution is -2.14. The van der Waals surface area contributed by atoms with Crippen molar-refractivity contribution in [1.82, 2.24) is 0 Å². The Morgan fingerprint density at radius 3 is 2.77 bits per heavy atom. The van der Waals surface area contributed by atoms with Gasteiger partial charge in [-0.1, -0.05) is 25.4 Å². The quantitative estimate of drug-likeness (QED) is 0.736. The monoisotopic (exact) mass is 200 g/mol. The molecule has 0 unspecified atom stereocenters. The van der Waals surface area contributed by atoms with Crippen LogP contribution in [-0.4, -0.2) is 6.61 Å². The van der Waals surface area contributed by atoms with Gasteiger partial charge in [0.05, 0.1) is 6.61 Å². The highest BCUT2D eigenvalue weighted by Crippen LogP contribution is 2.19. The molecule has 0 radical (unpaired) electrons. The van der Waals surface area contributed by atoms with Gasteiger partial charge in [0.15, 0.2) is 11.2 Å². The number of aryl methyl sites for hydroxylation is 1. The minimum atomic E-state index is 0.505. The predicted molar refractivity (Wildman–Crippen MR) is 53.1 cm³/mol. The van der Waals surface area contributed by atoms with Crippen LogP contribution in [0.15, 0.2) is 12.3 Å². The average Bonchev–Trinajstić information content (AvgIpc) is 2.02. The first-order valence-corrected chi connectivity index (χ1v) is 4.78. The highest BCUT2D eigenvalue weighted by Gasteiger charge is 2.10. The molecule has 0 atom stereocenters. The normalized spacial score (nSPS) is 10.5. The molecule has 1 aromatic heterocycles. The van der Waals surface area contributed by atoms with Gasteiger partial charge in [0, 0.05) is 5.56 Å². The van der Waals surface area contributed by atoms with E-state index in [2.05, 4.69) is 18.8 Å². The smallest absolute Gasteiger partial charge is 0.385 e. The van der Waals surface area contributed by atoms with Gasteiger partial charge in [-0.25, -0.2) is 0 Å². The summed E-state index contributed by atoms with van der Waals surface area (Å²) in [4.78, 5) is 3.01. The zero-order valence-electron chi connectivity index (χ0n) is 8.23. The van der Waals surface area contributed by atoms with Crippen LogP contribution in [-0.2, 0) is 0 Å². The molecule has 0 fully saturated rings. The number of halogens is 1. The van der Waals surface area contributed by atoms with Crippen LogP contribution in [0.1, 0.15) is 19.4 Å². The van der Waals surface area contributed by atoms with Crippen molar-refractivity contribution in [2.75, 3.05) is 6.61 Å². The zero-order valence-corrected chi connectivity index (χ0v) is 8.98. The second-order valence-corrected chi connectivity index (χ2v) is 3.97. The molecule has 0 aromatic carbocycles. The maximum Gasteiger partial charge on any atom is 0.385 e. The van der Waals surface area contributed by atoms with E-state index in [4.69, 9.17) is 16.3 Å². The summed E-state index contributed by atoms with van der Waals surface area (Å²) >= 11 is 5.96. The molecule has 2 nitrogen and oxygen atoms in total. The van der Waals surface area contributed by atoms with Crippen molar-refractivity contribution in [2.45, 2.75) is 20.8 Å². The number of rotatable bonds is 3. The van der Waals surface area contributed by atoms with Crippen molar-refractivity contribution in [1.29, 1.82) is 0 Å². The van der Waals surface area contributed by atoms with Crippen molar-refractivity contribution in [3.8, 4) is 5.88 Å². The molecule has 0 aliphatic rings. The highest BCUT2D eigenvalue weighted by molar-refractivity contribution is 6.31. The van der Waals surface area contributed by atoms with Crippen LogP contribution < -0.4 is 9.72 Å². The summed E-state index contributed by atoms with van der Waals surface area (Å²) in [5.74, 6) is 1.16. The Labute approximate surface area is 83.9 Å². The second-order valence-electron chi connectivity index (χ2n) is 3.56. The molecule has 0 saturated carbocycles. The lowest BCUT2D eigenvalue weighted by molar-refractivity contribution is -0.395. The second kappa shape index (κ2) is 4.47. The third-order valence-corrected chi connectivity index (χ3v) is 1.84. The molecule has 13 heavy (non-hydrogen) atoms. The molecule has 1 aromatic rings. The summed E-state index contributed by atoms with van der Waals surface area (Å²) in [5, 5.41) is 0.639. The third-order valence-electron chi connectivity index (χ3n) is 1.56. The zero-order chi connectivity index (χ0) is 9.84. The summed E-state index contributed by atoms with van der Waals surface area (Å²) in [5.41, 5.74) is 1.10. The molecular formula is C10H15ClNO+. The molecule has 1 N–H and O–H groups in total. The van der Waals surface area contributed by atoms with E-state index >= 15 is 0 Å². The molecule has 0 amide bonds. The van der Waals surface area contributed by atoms with Crippen molar-refractivity contribution < 1.29 is 9.72 Å². The van der Waals surface area contributed by atoms with Gasteiger partial charge < -0.3 is 4.74 Å². The lowest BCUT2D eigenvalue weighted by Gasteiger charge is -2.04. The number of aromatic nitrogens is 1.